The number of likely N-dealkylation sites (tertiary alicyclic amines) is 1. The van der Waals surface area contributed by atoms with Crippen molar-refractivity contribution < 1.29 is 28.7 Å². The minimum Gasteiger partial charge on any atom is -0.468 e. The van der Waals surface area contributed by atoms with Crippen molar-refractivity contribution in [3.8, 4) is 0 Å². The molecule has 1 aliphatic heterocycles. The van der Waals surface area contributed by atoms with Gasteiger partial charge < -0.3 is 42.4 Å². The molecule has 3 rings (SSSR count). The average Bonchev–Trinajstić information content (AvgIpc) is 3.14. The van der Waals surface area contributed by atoms with Crippen LogP contribution in [0.5, 0.6) is 0 Å². The van der Waals surface area contributed by atoms with Gasteiger partial charge in [0.1, 0.15) is 11.6 Å². The zero-order chi connectivity index (χ0) is 38.3. The summed E-state index contributed by atoms with van der Waals surface area (Å²) in [5.74, 6) is -2.04. The maximum absolute atomic E-state index is 14.1. The fourth-order valence-corrected chi connectivity index (χ4v) is 6.68. The number of nitrogens with two attached hydrogens (primary N) is 3. The number of nitrogens with zero attached hydrogens (tertiary/aromatic N) is 2. The summed E-state index contributed by atoms with van der Waals surface area (Å²) in [7, 11) is 2.93. The monoisotopic (exact) mass is 721 g/mol. The minimum absolute atomic E-state index is 0.0446. The van der Waals surface area contributed by atoms with Crippen LogP contribution in [0.15, 0.2) is 60.7 Å². The van der Waals surface area contributed by atoms with Crippen LogP contribution < -0.4 is 27.8 Å². The molecule has 0 aromatic heterocycles. The molecule has 4 atom stereocenters. The van der Waals surface area contributed by atoms with Crippen LogP contribution in [0.1, 0.15) is 76.0 Å². The standard InChI is InChI=1S/C39H59N7O6/c1-27(2)23-31(34(47)25-30(17-11-12-20-40)36(49)46-21-18-39(42,19-22-46)37(50)52-4)43-35(48)32(24-28-13-7-5-8-14-28)44-38(51)45(3)33(26-41)29-15-9-6-10-16-29/h5-10,13-16,27,30-33H,11-12,17-26,40-42H2,1-4H3,(H,43,48)(H,44,51)/t30-,31+,32+,33?/m0/s1. The van der Waals surface area contributed by atoms with Crippen molar-refractivity contribution in [1.82, 2.24) is 20.4 Å². The molecule has 1 aliphatic rings. The number of unbranched alkanes of at least 4 members (excludes halogenated alkanes) is 1. The SMILES string of the molecule is COC(=O)C1(N)CCN(C(=O)[C@@H](CCCCN)CC(=O)[C@@H](CC(C)C)NC(=O)[C@@H](Cc2ccccc2)NC(=O)N(C)C(CN)c2ccccc2)CC1. The van der Waals surface area contributed by atoms with Crippen molar-refractivity contribution in [2.75, 3.05) is 40.3 Å². The van der Waals surface area contributed by atoms with Crippen LogP contribution in [-0.2, 0) is 30.3 Å². The molecule has 52 heavy (non-hydrogen) atoms. The Kier molecular flexibility index (Phi) is 16.7. The van der Waals surface area contributed by atoms with E-state index in [1.54, 1.807) is 11.9 Å². The van der Waals surface area contributed by atoms with E-state index in [0.29, 0.717) is 32.2 Å². The van der Waals surface area contributed by atoms with Gasteiger partial charge in [0, 0.05) is 45.4 Å². The molecular formula is C39H59N7O6. The number of ether oxygens (including phenoxy) is 1. The summed E-state index contributed by atoms with van der Waals surface area (Å²) in [6, 6.07) is 16.0. The topological polar surface area (TPSA) is 203 Å². The molecule has 0 spiro atoms. The second-order valence-electron chi connectivity index (χ2n) is 14.3. The van der Waals surface area contributed by atoms with Crippen molar-refractivity contribution in [3.05, 3.63) is 71.8 Å². The Morgan fingerprint density at radius 3 is 2.08 bits per heavy atom. The highest BCUT2D eigenvalue weighted by atomic mass is 16.5. The summed E-state index contributed by atoms with van der Waals surface area (Å²) in [5, 5.41) is 5.84. The Hall–Kier alpha value is -4.33. The molecule has 0 aliphatic carbocycles. The molecule has 286 valence electrons. The number of urea groups is 1. The van der Waals surface area contributed by atoms with Gasteiger partial charge in [-0.25, -0.2) is 4.79 Å². The van der Waals surface area contributed by atoms with E-state index in [2.05, 4.69) is 10.6 Å². The van der Waals surface area contributed by atoms with E-state index in [0.717, 1.165) is 11.1 Å². The number of ketones is 1. The third-order valence-electron chi connectivity index (χ3n) is 9.87. The third kappa shape index (κ3) is 12.1. The lowest BCUT2D eigenvalue weighted by Gasteiger charge is -2.38. The Labute approximate surface area is 308 Å². The van der Waals surface area contributed by atoms with Gasteiger partial charge in [-0.2, -0.15) is 0 Å². The van der Waals surface area contributed by atoms with Gasteiger partial charge in [0.15, 0.2) is 5.78 Å². The highest BCUT2D eigenvalue weighted by Crippen LogP contribution is 2.26. The predicted octanol–water partition coefficient (Wildman–Crippen LogP) is 2.67. The summed E-state index contributed by atoms with van der Waals surface area (Å²) in [6.45, 7) is 5.08. The van der Waals surface area contributed by atoms with Gasteiger partial charge in [0.05, 0.1) is 19.2 Å². The molecule has 13 nitrogen and oxygen atoms in total. The summed E-state index contributed by atoms with van der Waals surface area (Å²) in [5.41, 5.74) is 18.6. The molecule has 1 fully saturated rings. The van der Waals surface area contributed by atoms with E-state index in [4.69, 9.17) is 21.9 Å². The second-order valence-corrected chi connectivity index (χ2v) is 14.3. The molecule has 0 saturated carbocycles. The number of methoxy groups -OCH3 is 1. The lowest BCUT2D eigenvalue weighted by molar-refractivity contribution is -0.151. The molecule has 0 radical (unpaired) electrons. The van der Waals surface area contributed by atoms with Crippen LogP contribution >= 0.6 is 0 Å². The first-order valence-electron chi connectivity index (χ1n) is 18.3. The molecule has 13 heteroatoms. The number of Topliss-reactive ketones (excluding diaryl/α,β-unsaturated/α-hetero) is 1. The maximum Gasteiger partial charge on any atom is 0.325 e. The van der Waals surface area contributed by atoms with E-state index in [9.17, 15) is 24.0 Å². The van der Waals surface area contributed by atoms with Crippen LogP contribution in [0, 0.1) is 11.8 Å². The largest absolute Gasteiger partial charge is 0.468 e. The minimum atomic E-state index is -1.16. The number of esters is 1. The fourth-order valence-electron chi connectivity index (χ4n) is 6.68. The lowest BCUT2D eigenvalue weighted by Crippen LogP contribution is -2.57. The second kappa shape index (κ2) is 20.6. The highest BCUT2D eigenvalue weighted by Gasteiger charge is 2.41. The van der Waals surface area contributed by atoms with Crippen LogP contribution in [0.25, 0.3) is 0 Å². The summed E-state index contributed by atoms with van der Waals surface area (Å²) in [4.78, 5) is 71.0. The normalized spacial score (nSPS) is 16.3. The van der Waals surface area contributed by atoms with Crippen LogP contribution in [0.2, 0.25) is 0 Å². The fraction of sp³-hybridized carbons (Fsp3) is 0.564. The molecule has 8 N–H and O–H groups in total. The molecule has 1 heterocycles. The maximum atomic E-state index is 14.1. The highest BCUT2D eigenvalue weighted by molar-refractivity contribution is 5.95. The Bertz CT molecular complexity index is 1450. The molecule has 1 saturated heterocycles. The van der Waals surface area contributed by atoms with Crippen molar-refractivity contribution in [2.45, 2.75) is 88.9 Å². The number of benzene rings is 2. The first-order chi connectivity index (χ1) is 24.8. The summed E-state index contributed by atoms with van der Waals surface area (Å²) < 4.78 is 4.87. The molecule has 0 bridgehead atoms. The van der Waals surface area contributed by atoms with Gasteiger partial charge in [-0.05, 0) is 55.7 Å². The van der Waals surface area contributed by atoms with Crippen LogP contribution in [0.3, 0.4) is 0 Å². The number of carbonyl (C=O) groups excluding carboxylic acids is 5. The van der Waals surface area contributed by atoms with Crippen molar-refractivity contribution in [2.24, 2.45) is 29.0 Å². The Balaban J connectivity index is 1.80. The van der Waals surface area contributed by atoms with Gasteiger partial charge in [-0.1, -0.05) is 80.9 Å². The molecule has 1 unspecified atom stereocenters. The van der Waals surface area contributed by atoms with Crippen LogP contribution in [0.4, 0.5) is 4.79 Å². The predicted molar refractivity (Wildman–Crippen MR) is 201 cm³/mol. The van der Waals surface area contributed by atoms with Crippen molar-refractivity contribution in [3.63, 3.8) is 0 Å². The van der Waals surface area contributed by atoms with E-state index in [1.807, 2.05) is 74.5 Å². The summed E-state index contributed by atoms with van der Waals surface area (Å²) >= 11 is 0. The van der Waals surface area contributed by atoms with Crippen molar-refractivity contribution >= 4 is 29.6 Å². The van der Waals surface area contributed by atoms with E-state index >= 15 is 0 Å². The van der Waals surface area contributed by atoms with E-state index < -0.39 is 47.5 Å². The number of likely N-dealkylation sites (N-methyl/N-ethyl adjacent to an activating group) is 1. The number of amides is 4. The Morgan fingerprint density at radius 1 is 0.904 bits per heavy atom. The quantitative estimate of drug-likeness (QED) is 0.107. The Morgan fingerprint density at radius 2 is 1.52 bits per heavy atom. The van der Waals surface area contributed by atoms with E-state index in [-0.39, 0.29) is 62.9 Å². The zero-order valence-electron chi connectivity index (χ0n) is 31.2. The summed E-state index contributed by atoms with van der Waals surface area (Å²) in [6.07, 6.45) is 2.78. The number of piperidine rings is 1. The molecule has 2 aromatic rings. The number of hydrogen-bond donors (Lipinski definition) is 5. The van der Waals surface area contributed by atoms with Gasteiger partial charge in [-0.15, -0.1) is 0 Å². The number of carbonyl (C=O) groups is 5. The molecule has 4 amide bonds. The van der Waals surface area contributed by atoms with Gasteiger partial charge in [-0.3, -0.25) is 19.2 Å². The van der Waals surface area contributed by atoms with Gasteiger partial charge >= 0.3 is 12.0 Å². The zero-order valence-corrected chi connectivity index (χ0v) is 31.2. The van der Waals surface area contributed by atoms with E-state index in [1.165, 1.54) is 12.0 Å². The van der Waals surface area contributed by atoms with Crippen molar-refractivity contribution in [1.29, 1.82) is 0 Å². The van der Waals surface area contributed by atoms with Gasteiger partial charge in [0.25, 0.3) is 0 Å². The average molecular weight is 722 g/mol. The number of hydrogen-bond acceptors (Lipinski definition) is 9. The van der Waals surface area contributed by atoms with Gasteiger partial charge in [0.2, 0.25) is 11.8 Å². The first-order valence-corrected chi connectivity index (χ1v) is 18.3. The number of nitrogens with one attached hydrogen (secondary N) is 2. The lowest BCUT2D eigenvalue weighted by atomic mass is 9.86. The molecular weight excluding hydrogens is 662 g/mol. The smallest absolute Gasteiger partial charge is 0.325 e. The number of rotatable bonds is 19. The third-order valence-corrected chi connectivity index (χ3v) is 9.87. The first kappa shape index (κ1) is 42.1. The molecule has 2 aromatic carbocycles. The van der Waals surface area contributed by atoms with Crippen LogP contribution in [-0.4, -0.2) is 97.4 Å².